The minimum absolute atomic E-state index is 0.262. The number of carbonyl (C=O) groups is 1. The summed E-state index contributed by atoms with van der Waals surface area (Å²) in [5.74, 6) is -0.609. The predicted molar refractivity (Wildman–Crippen MR) is 74.9 cm³/mol. The van der Waals surface area contributed by atoms with Crippen LogP contribution >= 0.6 is 0 Å². The highest BCUT2D eigenvalue weighted by atomic mass is 19.1. The van der Waals surface area contributed by atoms with Gasteiger partial charge in [0.15, 0.2) is 0 Å². The van der Waals surface area contributed by atoms with Crippen LogP contribution in [0.2, 0.25) is 0 Å². The van der Waals surface area contributed by atoms with Crippen molar-refractivity contribution in [1.82, 2.24) is 5.32 Å². The average molecular weight is 272 g/mol. The number of benzene rings is 2. The number of halogens is 1. The Labute approximate surface area is 115 Å². The molecule has 2 aromatic rings. The first-order chi connectivity index (χ1) is 9.74. The molecule has 1 N–H and O–H groups in total. The van der Waals surface area contributed by atoms with Gasteiger partial charge in [-0.15, -0.1) is 0 Å². The van der Waals surface area contributed by atoms with E-state index in [4.69, 9.17) is 5.53 Å². The zero-order valence-electron chi connectivity index (χ0n) is 10.7. The molecule has 1 amide bonds. The first-order valence-corrected chi connectivity index (χ1v) is 6.20. The molecular weight excluding hydrogens is 259 g/mol. The van der Waals surface area contributed by atoms with E-state index < -0.39 is 0 Å². The molecule has 102 valence electrons. The second kappa shape index (κ2) is 6.54. The minimum atomic E-state index is -0.347. The zero-order chi connectivity index (χ0) is 14.4. The van der Waals surface area contributed by atoms with Gasteiger partial charge in [-0.05, 0) is 29.5 Å². The summed E-state index contributed by atoms with van der Waals surface area (Å²) in [6.07, 6.45) is 0.564. The number of amides is 1. The summed E-state index contributed by atoms with van der Waals surface area (Å²) < 4.78 is 13.6. The average Bonchev–Trinajstić information content (AvgIpc) is 2.47. The van der Waals surface area contributed by atoms with E-state index in [1.807, 2.05) is 0 Å². The van der Waals surface area contributed by atoms with Crippen LogP contribution in [0.3, 0.4) is 0 Å². The predicted octanol–water partition coefficient (Wildman–Crippen LogP) is 3.41. The van der Waals surface area contributed by atoms with Crippen molar-refractivity contribution in [2.45, 2.75) is 6.42 Å². The molecule has 0 fully saturated rings. The Morgan fingerprint density at radius 1 is 1.25 bits per heavy atom. The Balaban J connectivity index is 2.14. The van der Waals surface area contributed by atoms with Crippen molar-refractivity contribution < 1.29 is 9.18 Å². The van der Waals surface area contributed by atoms with Gasteiger partial charge in [-0.25, -0.2) is 4.39 Å². The van der Waals surface area contributed by atoms with E-state index in [-0.39, 0.29) is 11.7 Å². The molecule has 2 aromatic carbocycles. The summed E-state index contributed by atoms with van der Waals surface area (Å²) in [5.41, 5.74) is 8.57. The third-order valence-corrected chi connectivity index (χ3v) is 2.90. The summed E-state index contributed by atoms with van der Waals surface area (Å²) in [5, 5.41) is 7.12. The fourth-order valence-corrected chi connectivity index (χ4v) is 1.95. The van der Waals surface area contributed by atoms with E-state index >= 15 is 0 Å². The Bertz CT molecular complexity index is 680. The van der Waals surface area contributed by atoms with E-state index in [1.165, 1.54) is 12.1 Å². The van der Waals surface area contributed by atoms with Crippen LogP contribution in [-0.2, 0) is 0 Å². The molecule has 0 saturated carbocycles. The summed E-state index contributed by atoms with van der Waals surface area (Å²) in [7, 11) is 0. The number of fused-ring (bicyclic) bond motifs is 1. The van der Waals surface area contributed by atoms with Gasteiger partial charge < -0.3 is 5.32 Å². The quantitative estimate of drug-likeness (QED) is 0.385. The van der Waals surface area contributed by atoms with Crippen molar-refractivity contribution in [3.05, 3.63) is 58.2 Å². The zero-order valence-corrected chi connectivity index (χ0v) is 10.7. The largest absolute Gasteiger partial charge is 0.352 e. The van der Waals surface area contributed by atoms with E-state index in [2.05, 4.69) is 15.3 Å². The standard InChI is InChI=1S/C14H13FN4O/c15-13-7-6-12(10-4-1-2-5-11(10)13)14(20)17-8-3-9-18-19-16/h1-2,4-7H,3,8-9H2,(H,17,20). The van der Waals surface area contributed by atoms with Gasteiger partial charge in [0.2, 0.25) is 0 Å². The molecule has 0 aliphatic carbocycles. The number of nitrogens with zero attached hydrogens (tertiary/aromatic N) is 3. The number of hydrogen-bond donors (Lipinski definition) is 1. The van der Waals surface area contributed by atoms with Crippen molar-refractivity contribution in [3.63, 3.8) is 0 Å². The lowest BCUT2D eigenvalue weighted by Gasteiger charge is -2.08. The van der Waals surface area contributed by atoms with Crippen LogP contribution in [-0.4, -0.2) is 19.0 Å². The highest BCUT2D eigenvalue weighted by Crippen LogP contribution is 2.21. The highest BCUT2D eigenvalue weighted by Gasteiger charge is 2.11. The molecule has 0 bridgehead atoms. The maximum atomic E-state index is 13.6. The van der Waals surface area contributed by atoms with Crippen molar-refractivity contribution in [2.75, 3.05) is 13.1 Å². The van der Waals surface area contributed by atoms with Crippen molar-refractivity contribution in [3.8, 4) is 0 Å². The van der Waals surface area contributed by atoms with Crippen LogP contribution in [0.4, 0.5) is 4.39 Å². The molecule has 0 spiro atoms. The van der Waals surface area contributed by atoms with Crippen LogP contribution < -0.4 is 5.32 Å². The first kappa shape index (κ1) is 13.8. The SMILES string of the molecule is [N-]=[N+]=NCCCNC(=O)c1ccc(F)c2ccccc12. The Hall–Kier alpha value is -2.59. The van der Waals surface area contributed by atoms with Crippen LogP contribution in [0.1, 0.15) is 16.8 Å². The summed E-state index contributed by atoms with van der Waals surface area (Å²) in [4.78, 5) is 14.7. The van der Waals surface area contributed by atoms with Gasteiger partial charge in [0.05, 0.1) is 0 Å². The number of rotatable bonds is 5. The number of hydrogen-bond acceptors (Lipinski definition) is 2. The molecular formula is C14H13FN4O. The molecule has 0 heterocycles. The van der Waals surface area contributed by atoms with Crippen molar-refractivity contribution in [1.29, 1.82) is 0 Å². The molecule has 0 radical (unpaired) electrons. The molecule has 5 nitrogen and oxygen atoms in total. The van der Waals surface area contributed by atoms with Crippen molar-refractivity contribution >= 4 is 16.7 Å². The van der Waals surface area contributed by atoms with Gasteiger partial charge in [0.25, 0.3) is 5.91 Å². The lowest BCUT2D eigenvalue weighted by Crippen LogP contribution is -2.25. The fourth-order valence-electron chi connectivity index (χ4n) is 1.95. The fraction of sp³-hybridized carbons (Fsp3) is 0.214. The van der Waals surface area contributed by atoms with Gasteiger partial charge in [0, 0.05) is 29.0 Å². The Morgan fingerprint density at radius 3 is 2.75 bits per heavy atom. The topological polar surface area (TPSA) is 77.9 Å². The van der Waals surface area contributed by atoms with Crippen LogP contribution in [0, 0.1) is 5.82 Å². The van der Waals surface area contributed by atoms with Crippen LogP contribution in [0.15, 0.2) is 41.5 Å². The van der Waals surface area contributed by atoms with Crippen LogP contribution in [0.25, 0.3) is 21.2 Å². The Morgan fingerprint density at radius 2 is 2.00 bits per heavy atom. The van der Waals surface area contributed by atoms with Gasteiger partial charge >= 0.3 is 0 Å². The molecule has 0 unspecified atom stereocenters. The molecule has 0 saturated heterocycles. The molecule has 20 heavy (non-hydrogen) atoms. The number of nitrogens with one attached hydrogen (secondary N) is 1. The summed E-state index contributed by atoms with van der Waals surface area (Å²) in [6.45, 7) is 0.741. The molecule has 0 aromatic heterocycles. The maximum Gasteiger partial charge on any atom is 0.251 e. The highest BCUT2D eigenvalue weighted by molar-refractivity contribution is 6.07. The molecule has 0 aliphatic heterocycles. The second-order valence-corrected chi connectivity index (χ2v) is 4.20. The van der Waals surface area contributed by atoms with E-state index in [9.17, 15) is 9.18 Å². The third kappa shape index (κ3) is 3.05. The van der Waals surface area contributed by atoms with Crippen LogP contribution in [0.5, 0.6) is 0 Å². The summed E-state index contributed by atoms with van der Waals surface area (Å²) >= 11 is 0. The van der Waals surface area contributed by atoms with Gasteiger partial charge in [-0.2, -0.15) is 0 Å². The second-order valence-electron chi connectivity index (χ2n) is 4.20. The van der Waals surface area contributed by atoms with E-state index in [0.717, 1.165) is 0 Å². The monoisotopic (exact) mass is 272 g/mol. The van der Waals surface area contributed by atoms with E-state index in [1.54, 1.807) is 24.3 Å². The van der Waals surface area contributed by atoms with E-state index in [0.29, 0.717) is 35.8 Å². The smallest absolute Gasteiger partial charge is 0.251 e. The van der Waals surface area contributed by atoms with Gasteiger partial charge in [-0.1, -0.05) is 29.4 Å². The number of carbonyl (C=O) groups excluding carboxylic acids is 1. The molecule has 2 rings (SSSR count). The third-order valence-electron chi connectivity index (χ3n) is 2.90. The number of azide groups is 1. The van der Waals surface area contributed by atoms with Gasteiger partial charge in [-0.3, -0.25) is 4.79 Å². The lowest BCUT2D eigenvalue weighted by atomic mass is 10.0. The molecule has 0 aliphatic rings. The van der Waals surface area contributed by atoms with Gasteiger partial charge in [0.1, 0.15) is 5.82 Å². The first-order valence-electron chi connectivity index (χ1n) is 6.20. The molecule has 0 atom stereocenters. The molecule has 6 heteroatoms. The maximum absolute atomic E-state index is 13.6. The van der Waals surface area contributed by atoms with Crippen molar-refractivity contribution in [2.24, 2.45) is 5.11 Å². The Kier molecular flexibility index (Phi) is 4.52. The minimum Gasteiger partial charge on any atom is -0.352 e. The summed E-state index contributed by atoms with van der Waals surface area (Å²) in [6, 6.07) is 9.61. The normalized spacial score (nSPS) is 10.1. The lowest BCUT2D eigenvalue weighted by molar-refractivity contribution is 0.0955.